The number of benzene rings is 5. The van der Waals surface area contributed by atoms with Crippen molar-refractivity contribution in [3.63, 3.8) is 0 Å². The summed E-state index contributed by atoms with van der Waals surface area (Å²) in [6.45, 7) is 0. The minimum Gasteiger partial charge on any atom is -0.508 e. The molecule has 2 aliphatic heterocycles. The number of amides is 4. The predicted molar refractivity (Wildman–Crippen MR) is 206 cm³/mol. The average molecular weight is 838 g/mol. The maximum Gasteiger partial charge on any atom is 0.260 e. The summed E-state index contributed by atoms with van der Waals surface area (Å²) < 4.78 is 14.9. The second-order valence-electron chi connectivity index (χ2n) is 14.1. The summed E-state index contributed by atoms with van der Waals surface area (Å²) in [5.74, 6) is -6.35. The van der Waals surface area contributed by atoms with E-state index in [4.69, 9.17) is 11.6 Å². The molecule has 53 heavy (non-hydrogen) atoms. The van der Waals surface area contributed by atoms with Crippen LogP contribution in [0.2, 0.25) is 5.02 Å². The number of nitrogens with one attached hydrogen (secondary N) is 1. The van der Waals surface area contributed by atoms with E-state index in [2.05, 4.69) is 28.0 Å². The van der Waals surface area contributed by atoms with Gasteiger partial charge in [-0.1, -0.05) is 65.7 Å². The van der Waals surface area contributed by atoms with Gasteiger partial charge in [0.2, 0.25) is 11.8 Å². The number of carbonyl (C=O) groups excluding carboxylic acids is 4. The molecule has 2 N–H and O–H groups in total. The third-order valence-electron chi connectivity index (χ3n) is 11.6. The Labute approximate surface area is 322 Å². The van der Waals surface area contributed by atoms with Crippen LogP contribution in [-0.2, 0) is 24.6 Å². The molecule has 1 saturated carbocycles. The van der Waals surface area contributed by atoms with Crippen LogP contribution in [0, 0.1) is 33.1 Å². The number of phenols is 1. The van der Waals surface area contributed by atoms with Crippen molar-refractivity contribution in [3.8, 4) is 5.75 Å². The number of fused-ring (bicyclic) bond motifs is 5. The highest BCUT2D eigenvalue weighted by Gasteiger charge is 2.71. The number of imide groups is 2. The fourth-order valence-electron chi connectivity index (χ4n) is 9.40. The number of allylic oxidation sites excluding steroid dienone is 2. The van der Waals surface area contributed by atoms with E-state index in [9.17, 15) is 23.9 Å². The minimum absolute atomic E-state index is 0.0657. The summed E-state index contributed by atoms with van der Waals surface area (Å²) >= 11 is 8.57. The van der Waals surface area contributed by atoms with Crippen molar-refractivity contribution in [3.05, 3.63) is 146 Å². The molecular weight excluding hydrogens is 808 g/mol. The van der Waals surface area contributed by atoms with E-state index in [1.807, 2.05) is 42.5 Å². The topological polar surface area (TPSA) is 107 Å². The third-order valence-corrected chi connectivity index (χ3v) is 12.5. The lowest BCUT2D eigenvalue weighted by Gasteiger charge is -2.51. The summed E-state index contributed by atoms with van der Waals surface area (Å²) in [5, 5.41) is 14.8. The zero-order valence-electron chi connectivity index (χ0n) is 27.9. The lowest BCUT2D eigenvalue weighted by molar-refractivity contribution is -0.138. The summed E-state index contributed by atoms with van der Waals surface area (Å²) in [6.07, 6.45) is 2.29. The number of hydrogen-bond donors (Lipinski definition) is 2. The largest absolute Gasteiger partial charge is 0.508 e. The number of rotatable bonds is 5. The molecule has 5 aromatic carbocycles. The van der Waals surface area contributed by atoms with Crippen LogP contribution in [-0.4, -0.2) is 33.7 Å². The van der Waals surface area contributed by atoms with Crippen LogP contribution in [0.5, 0.6) is 5.75 Å². The van der Waals surface area contributed by atoms with Gasteiger partial charge in [0.25, 0.3) is 11.8 Å². The Morgan fingerprint density at radius 1 is 0.811 bits per heavy atom. The molecule has 5 aromatic rings. The van der Waals surface area contributed by atoms with Gasteiger partial charge in [-0.05, 0) is 124 Å². The Bertz CT molecular complexity index is 2400. The van der Waals surface area contributed by atoms with Crippen molar-refractivity contribution < 1.29 is 28.7 Å². The van der Waals surface area contributed by atoms with Crippen LogP contribution >= 0.6 is 34.2 Å². The van der Waals surface area contributed by atoms with Crippen molar-refractivity contribution >= 4 is 80.0 Å². The van der Waals surface area contributed by atoms with Gasteiger partial charge in [0.05, 0.1) is 34.5 Å². The van der Waals surface area contributed by atoms with Crippen LogP contribution in [0.1, 0.15) is 29.9 Å². The molecule has 4 amide bonds. The summed E-state index contributed by atoms with van der Waals surface area (Å²) in [4.78, 5) is 60.3. The maximum absolute atomic E-state index is 15.4. The molecular formula is C42H30ClFIN3O5. The second-order valence-corrected chi connectivity index (χ2v) is 15.8. The second kappa shape index (κ2) is 12.5. The monoisotopic (exact) mass is 837 g/mol. The van der Waals surface area contributed by atoms with E-state index < -0.39 is 52.6 Å². The highest BCUT2D eigenvalue weighted by atomic mass is 127. The molecule has 0 spiro atoms. The van der Waals surface area contributed by atoms with Gasteiger partial charge in [0, 0.05) is 20.1 Å². The summed E-state index contributed by atoms with van der Waals surface area (Å²) in [7, 11) is 0. The molecule has 2 heterocycles. The molecule has 0 unspecified atom stereocenters. The Morgan fingerprint density at radius 3 is 2.26 bits per heavy atom. The van der Waals surface area contributed by atoms with Crippen molar-refractivity contribution in [2.45, 2.75) is 24.2 Å². The van der Waals surface area contributed by atoms with E-state index in [1.165, 1.54) is 29.2 Å². The first-order valence-electron chi connectivity index (χ1n) is 17.3. The van der Waals surface area contributed by atoms with E-state index >= 15 is 4.79 Å². The Balaban J connectivity index is 1.29. The maximum atomic E-state index is 15.4. The van der Waals surface area contributed by atoms with Gasteiger partial charge in [-0.3, -0.25) is 29.5 Å². The standard InChI is InChI=1S/C42H30ClFIN3O5/c43-24-8-6-23(7-9-24)42-33(39(51)48(41(42)53)46-27-14-10-25(44)11-15-27)21-32-30(37(42)36-29-4-2-1-3-22(29)5-20-34(36)49)18-19-31-35(32)40(52)47(38(31)50)28-16-12-26(45)13-17-28/h1-18,20,31-33,35,37,46,49H,19,21H2/t31-,32+,33-,35-,37+,42+/m0/s1. The number of nitrogens with zero attached hydrogens (tertiary/aromatic N) is 2. The highest BCUT2D eigenvalue weighted by Crippen LogP contribution is 2.65. The third kappa shape index (κ3) is 4.98. The average Bonchev–Trinajstić information content (AvgIpc) is 3.54. The zero-order chi connectivity index (χ0) is 36.8. The van der Waals surface area contributed by atoms with Crippen LogP contribution in [0.4, 0.5) is 15.8 Å². The molecule has 2 saturated heterocycles. The molecule has 2 aliphatic carbocycles. The quantitative estimate of drug-likeness (QED) is 0.105. The van der Waals surface area contributed by atoms with Crippen molar-refractivity contribution in [2.24, 2.45) is 23.7 Å². The number of hydrazine groups is 1. The number of hydrogen-bond acceptors (Lipinski definition) is 6. The normalized spacial score (nSPS) is 26.4. The zero-order valence-corrected chi connectivity index (χ0v) is 30.8. The number of aromatic hydroxyl groups is 1. The van der Waals surface area contributed by atoms with Crippen LogP contribution < -0.4 is 10.3 Å². The SMILES string of the molecule is O=C1[C@@H]2C[C@@H]3C(=CC[C@@H]4C(=O)N(c5ccc(I)cc5)C(=O)[C@@H]43)[C@H](c3c(O)ccc4ccccc34)[C@]2(c2ccc(Cl)cc2)C(=O)N1Nc1ccc(F)cc1. The lowest BCUT2D eigenvalue weighted by atomic mass is 9.48. The fraction of sp³-hybridized carbons (Fsp3) is 0.190. The number of anilines is 2. The van der Waals surface area contributed by atoms with Gasteiger partial charge in [-0.2, -0.15) is 5.01 Å². The van der Waals surface area contributed by atoms with Crippen LogP contribution in [0.3, 0.4) is 0 Å². The van der Waals surface area contributed by atoms with E-state index in [0.29, 0.717) is 32.9 Å². The molecule has 0 bridgehead atoms. The molecule has 264 valence electrons. The lowest BCUT2D eigenvalue weighted by Crippen LogP contribution is -2.53. The first kappa shape index (κ1) is 33.7. The van der Waals surface area contributed by atoms with Gasteiger partial charge < -0.3 is 5.11 Å². The van der Waals surface area contributed by atoms with Crippen molar-refractivity contribution in [1.29, 1.82) is 0 Å². The van der Waals surface area contributed by atoms with Gasteiger partial charge in [-0.25, -0.2) is 4.39 Å². The highest BCUT2D eigenvalue weighted by molar-refractivity contribution is 14.1. The first-order chi connectivity index (χ1) is 25.6. The van der Waals surface area contributed by atoms with E-state index in [1.54, 1.807) is 48.5 Å². The Kier molecular flexibility index (Phi) is 7.97. The summed E-state index contributed by atoms with van der Waals surface area (Å²) in [6, 6.07) is 30.3. The van der Waals surface area contributed by atoms with Crippen LogP contribution in [0.15, 0.2) is 121 Å². The Hall–Kier alpha value is -5.07. The van der Waals surface area contributed by atoms with Gasteiger partial charge in [0.1, 0.15) is 11.6 Å². The first-order valence-corrected chi connectivity index (χ1v) is 18.8. The van der Waals surface area contributed by atoms with E-state index in [0.717, 1.165) is 19.5 Å². The molecule has 8 nitrogen and oxygen atoms in total. The molecule has 0 aromatic heterocycles. The van der Waals surface area contributed by atoms with E-state index in [-0.39, 0.29) is 30.4 Å². The van der Waals surface area contributed by atoms with Gasteiger partial charge >= 0.3 is 0 Å². The number of phenolic OH excluding ortho intramolecular Hbond substituents is 1. The predicted octanol–water partition coefficient (Wildman–Crippen LogP) is 8.13. The fourth-order valence-corrected chi connectivity index (χ4v) is 9.89. The molecule has 4 aliphatic rings. The van der Waals surface area contributed by atoms with Crippen molar-refractivity contribution in [1.82, 2.24) is 5.01 Å². The number of carbonyl (C=O) groups is 4. The van der Waals surface area contributed by atoms with Gasteiger partial charge in [-0.15, -0.1) is 0 Å². The summed E-state index contributed by atoms with van der Waals surface area (Å²) in [5.41, 5.74) is 3.83. The molecule has 9 rings (SSSR count). The van der Waals surface area contributed by atoms with Crippen molar-refractivity contribution in [2.75, 3.05) is 10.3 Å². The minimum atomic E-state index is -1.62. The number of halogens is 3. The molecule has 11 heteroatoms. The van der Waals surface area contributed by atoms with Crippen LogP contribution in [0.25, 0.3) is 10.8 Å². The smallest absolute Gasteiger partial charge is 0.260 e. The molecule has 0 radical (unpaired) electrons. The molecule has 6 atom stereocenters. The Morgan fingerprint density at radius 2 is 1.53 bits per heavy atom. The molecule has 3 fully saturated rings. The van der Waals surface area contributed by atoms with Gasteiger partial charge in [0.15, 0.2) is 0 Å².